The third-order valence-electron chi connectivity index (χ3n) is 5.15. The quantitative estimate of drug-likeness (QED) is 0.858. The Balaban J connectivity index is 1.28. The molecule has 1 saturated heterocycles. The molecule has 0 spiro atoms. The average Bonchev–Trinajstić information content (AvgIpc) is 2.97. The number of pyridine rings is 1. The number of nitrogens with zero attached hydrogens (tertiary/aromatic N) is 4. The highest BCUT2D eigenvalue weighted by Gasteiger charge is 2.27. The van der Waals surface area contributed by atoms with Crippen molar-refractivity contribution in [3.8, 4) is 0 Å². The first kappa shape index (κ1) is 16.1. The van der Waals surface area contributed by atoms with Crippen molar-refractivity contribution in [1.29, 1.82) is 0 Å². The normalized spacial score (nSPS) is 17.9. The lowest BCUT2D eigenvalue weighted by Crippen LogP contribution is -2.48. The number of fused-ring (bicyclic) bond motifs is 1. The number of amides is 1. The number of aromatic nitrogens is 1. The van der Waals surface area contributed by atoms with E-state index in [2.05, 4.69) is 33.0 Å². The Morgan fingerprint density at radius 1 is 0.960 bits per heavy atom. The van der Waals surface area contributed by atoms with Gasteiger partial charge in [0.1, 0.15) is 5.82 Å². The predicted molar refractivity (Wildman–Crippen MR) is 98.8 cm³/mol. The molecule has 0 unspecified atom stereocenters. The first-order valence-corrected chi connectivity index (χ1v) is 8.99. The number of anilines is 1. The Morgan fingerprint density at radius 3 is 2.52 bits per heavy atom. The number of carbonyl (C=O) groups is 1. The third-order valence-corrected chi connectivity index (χ3v) is 5.15. The lowest BCUT2D eigenvalue weighted by atomic mass is 10.1. The van der Waals surface area contributed by atoms with Gasteiger partial charge in [-0.2, -0.15) is 0 Å². The smallest absolute Gasteiger partial charge is 0.254 e. The molecule has 1 fully saturated rings. The molecule has 2 aromatic rings. The minimum Gasteiger partial charge on any atom is -0.354 e. The van der Waals surface area contributed by atoms with E-state index < -0.39 is 0 Å². The second-order valence-electron chi connectivity index (χ2n) is 6.85. The Kier molecular flexibility index (Phi) is 4.40. The summed E-state index contributed by atoms with van der Waals surface area (Å²) >= 11 is 0. The first-order chi connectivity index (χ1) is 12.2. The summed E-state index contributed by atoms with van der Waals surface area (Å²) in [5, 5.41) is 0. The molecule has 2 aliphatic rings. The van der Waals surface area contributed by atoms with Gasteiger partial charge in [0.2, 0.25) is 0 Å². The van der Waals surface area contributed by atoms with E-state index in [0.717, 1.165) is 68.5 Å². The maximum atomic E-state index is 12.4. The SMILES string of the molecule is Cc1cccc(N2CCN(CCN3Cc4ccccc4C3=O)CC2)n1. The largest absolute Gasteiger partial charge is 0.354 e. The molecule has 5 heteroatoms. The van der Waals surface area contributed by atoms with Crippen LogP contribution in [0.2, 0.25) is 0 Å². The van der Waals surface area contributed by atoms with Gasteiger partial charge in [0.05, 0.1) is 0 Å². The molecule has 4 rings (SSSR count). The second-order valence-corrected chi connectivity index (χ2v) is 6.85. The van der Waals surface area contributed by atoms with Gasteiger partial charge in [-0.1, -0.05) is 24.3 Å². The molecular formula is C20H24N4O. The zero-order valence-electron chi connectivity index (χ0n) is 14.7. The maximum absolute atomic E-state index is 12.4. The number of hydrogen-bond acceptors (Lipinski definition) is 4. The zero-order chi connectivity index (χ0) is 17.2. The van der Waals surface area contributed by atoms with E-state index in [1.54, 1.807) is 0 Å². The predicted octanol–water partition coefficient (Wildman–Crippen LogP) is 2.17. The number of aryl methyl sites for hydroxylation is 1. The highest BCUT2D eigenvalue weighted by atomic mass is 16.2. The fourth-order valence-electron chi connectivity index (χ4n) is 3.66. The van der Waals surface area contributed by atoms with Gasteiger partial charge in [-0.3, -0.25) is 9.69 Å². The Hall–Kier alpha value is -2.40. The summed E-state index contributed by atoms with van der Waals surface area (Å²) in [5.74, 6) is 1.25. The number of piperazine rings is 1. The Morgan fingerprint density at radius 2 is 1.76 bits per heavy atom. The van der Waals surface area contributed by atoms with Crippen LogP contribution in [0.25, 0.3) is 0 Å². The summed E-state index contributed by atoms with van der Waals surface area (Å²) in [6.45, 7) is 8.54. The van der Waals surface area contributed by atoms with Crippen LogP contribution in [0.4, 0.5) is 5.82 Å². The summed E-state index contributed by atoms with van der Waals surface area (Å²) in [5.41, 5.74) is 3.09. The lowest BCUT2D eigenvalue weighted by Gasteiger charge is -2.36. The second kappa shape index (κ2) is 6.84. The third kappa shape index (κ3) is 3.37. The van der Waals surface area contributed by atoms with E-state index in [4.69, 9.17) is 0 Å². The van der Waals surface area contributed by atoms with E-state index >= 15 is 0 Å². The van der Waals surface area contributed by atoms with Crippen LogP contribution in [0.15, 0.2) is 42.5 Å². The van der Waals surface area contributed by atoms with Crippen molar-refractivity contribution in [2.45, 2.75) is 13.5 Å². The van der Waals surface area contributed by atoms with Gasteiger partial charge in [-0.25, -0.2) is 4.98 Å². The minimum atomic E-state index is 0.179. The summed E-state index contributed by atoms with van der Waals surface area (Å²) in [6, 6.07) is 14.1. The molecule has 1 aromatic heterocycles. The molecular weight excluding hydrogens is 312 g/mol. The van der Waals surface area contributed by atoms with Gasteiger partial charge in [-0.05, 0) is 30.7 Å². The van der Waals surface area contributed by atoms with Crippen LogP contribution in [0, 0.1) is 6.92 Å². The van der Waals surface area contributed by atoms with E-state index in [0.29, 0.717) is 0 Å². The van der Waals surface area contributed by atoms with Crippen molar-refractivity contribution in [2.75, 3.05) is 44.2 Å². The fourth-order valence-corrected chi connectivity index (χ4v) is 3.66. The van der Waals surface area contributed by atoms with Gasteiger partial charge in [-0.15, -0.1) is 0 Å². The monoisotopic (exact) mass is 336 g/mol. The van der Waals surface area contributed by atoms with E-state index in [-0.39, 0.29) is 5.91 Å². The number of carbonyl (C=O) groups excluding carboxylic acids is 1. The molecule has 0 bridgehead atoms. The molecule has 0 N–H and O–H groups in total. The van der Waals surface area contributed by atoms with Crippen LogP contribution in [0.5, 0.6) is 0 Å². The van der Waals surface area contributed by atoms with Crippen LogP contribution in [0.1, 0.15) is 21.6 Å². The maximum Gasteiger partial charge on any atom is 0.254 e. The van der Waals surface area contributed by atoms with E-state index in [1.165, 1.54) is 0 Å². The van der Waals surface area contributed by atoms with Crippen molar-refractivity contribution >= 4 is 11.7 Å². The van der Waals surface area contributed by atoms with Crippen molar-refractivity contribution < 1.29 is 4.79 Å². The summed E-state index contributed by atoms with van der Waals surface area (Å²) < 4.78 is 0. The molecule has 0 radical (unpaired) electrons. The zero-order valence-corrected chi connectivity index (χ0v) is 14.7. The van der Waals surface area contributed by atoms with Crippen molar-refractivity contribution in [3.05, 3.63) is 59.3 Å². The van der Waals surface area contributed by atoms with E-state index in [1.807, 2.05) is 36.1 Å². The number of benzene rings is 1. The van der Waals surface area contributed by atoms with Gasteiger partial charge >= 0.3 is 0 Å². The Labute approximate surface area is 148 Å². The molecule has 3 heterocycles. The minimum absolute atomic E-state index is 0.179. The Bertz CT molecular complexity index is 768. The summed E-state index contributed by atoms with van der Waals surface area (Å²) in [4.78, 5) is 23.8. The van der Waals surface area contributed by atoms with Crippen molar-refractivity contribution in [2.24, 2.45) is 0 Å². The van der Waals surface area contributed by atoms with E-state index in [9.17, 15) is 4.79 Å². The fraction of sp³-hybridized carbons (Fsp3) is 0.400. The molecule has 1 amide bonds. The van der Waals surface area contributed by atoms with Crippen LogP contribution >= 0.6 is 0 Å². The standard InChI is InChI=1S/C20H24N4O/c1-16-5-4-8-19(21-16)23-12-9-22(10-13-23)11-14-24-15-17-6-2-3-7-18(17)20(24)25/h2-8H,9-15H2,1H3. The van der Waals surface area contributed by atoms with Crippen LogP contribution in [0.3, 0.4) is 0 Å². The lowest BCUT2D eigenvalue weighted by molar-refractivity contribution is 0.0756. The van der Waals surface area contributed by atoms with Gasteiger partial charge in [0, 0.05) is 57.1 Å². The molecule has 2 aliphatic heterocycles. The molecule has 5 nitrogen and oxygen atoms in total. The topological polar surface area (TPSA) is 39.7 Å². The highest BCUT2D eigenvalue weighted by Crippen LogP contribution is 2.22. The first-order valence-electron chi connectivity index (χ1n) is 8.99. The van der Waals surface area contributed by atoms with Crippen molar-refractivity contribution in [3.63, 3.8) is 0 Å². The molecule has 130 valence electrons. The molecule has 0 atom stereocenters. The molecule has 0 aliphatic carbocycles. The van der Waals surface area contributed by atoms with Gasteiger partial charge in [0.25, 0.3) is 5.91 Å². The van der Waals surface area contributed by atoms with Crippen molar-refractivity contribution in [1.82, 2.24) is 14.8 Å². The average molecular weight is 336 g/mol. The number of rotatable bonds is 4. The molecule has 1 aromatic carbocycles. The van der Waals surface area contributed by atoms with Crippen LogP contribution in [-0.4, -0.2) is 60.0 Å². The molecule has 25 heavy (non-hydrogen) atoms. The van der Waals surface area contributed by atoms with Crippen LogP contribution in [-0.2, 0) is 6.54 Å². The summed E-state index contributed by atoms with van der Waals surface area (Å²) in [7, 11) is 0. The van der Waals surface area contributed by atoms with Crippen LogP contribution < -0.4 is 4.90 Å². The highest BCUT2D eigenvalue weighted by molar-refractivity contribution is 5.98. The molecule has 0 saturated carbocycles. The van der Waals surface area contributed by atoms with Gasteiger partial charge < -0.3 is 9.80 Å². The number of hydrogen-bond donors (Lipinski definition) is 0. The summed E-state index contributed by atoms with van der Waals surface area (Å²) in [6.07, 6.45) is 0. The van der Waals surface area contributed by atoms with Gasteiger partial charge in [0.15, 0.2) is 0 Å².